The number of hydrogen-bond donors (Lipinski definition) is 3. The summed E-state index contributed by atoms with van der Waals surface area (Å²) in [4.78, 5) is 11.6. The summed E-state index contributed by atoms with van der Waals surface area (Å²) in [5, 5.41) is 14.5. The van der Waals surface area contributed by atoms with Gasteiger partial charge in [0.25, 0.3) is 0 Å². The van der Waals surface area contributed by atoms with E-state index in [-0.39, 0.29) is 5.69 Å². The van der Waals surface area contributed by atoms with Gasteiger partial charge < -0.3 is 15.7 Å². The molecule has 4 nitrogen and oxygen atoms in total. The number of amides is 2. The van der Waals surface area contributed by atoms with E-state index in [1.165, 1.54) is 12.1 Å². The zero-order chi connectivity index (χ0) is 14.4. The number of aromatic hydroxyl groups is 1. The van der Waals surface area contributed by atoms with Crippen molar-refractivity contribution in [1.29, 1.82) is 0 Å². The Morgan fingerprint density at radius 1 is 1.10 bits per heavy atom. The largest absolute Gasteiger partial charge is 0.503 e. The van der Waals surface area contributed by atoms with E-state index in [1.807, 2.05) is 30.3 Å². The van der Waals surface area contributed by atoms with E-state index < -0.39 is 17.6 Å². The number of phenols is 1. The molecular formula is C15H15FN2O2. The van der Waals surface area contributed by atoms with E-state index in [4.69, 9.17) is 0 Å². The van der Waals surface area contributed by atoms with Crippen LogP contribution in [-0.4, -0.2) is 17.7 Å². The number of para-hydroxylation sites is 1. The molecule has 2 amide bonds. The van der Waals surface area contributed by atoms with Crippen molar-refractivity contribution in [2.24, 2.45) is 0 Å². The number of hydrogen-bond acceptors (Lipinski definition) is 2. The molecule has 0 bridgehead atoms. The highest BCUT2D eigenvalue weighted by Crippen LogP contribution is 2.25. The number of anilines is 1. The molecule has 0 saturated carbocycles. The molecule has 0 radical (unpaired) electrons. The van der Waals surface area contributed by atoms with Gasteiger partial charge in [0.15, 0.2) is 11.6 Å². The van der Waals surface area contributed by atoms with Crippen LogP contribution in [-0.2, 0) is 6.42 Å². The minimum absolute atomic E-state index is 0.0437. The maximum atomic E-state index is 13.1. The first-order valence-corrected chi connectivity index (χ1v) is 6.23. The Morgan fingerprint density at radius 2 is 1.85 bits per heavy atom. The van der Waals surface area contributed by atoms with Crippen LogP contribution in [0.25, 0.3) is 0 Å². The van der Waals surface area contributed by atoms with Gasteiger partial charge in [-0.3, -0.25) is 0 Å². The lowest BCUT2D eigenvalue weighted by Gasteiger charge is -2.09. The van der Waals surface area contributed by atoms with Crippen LogP contribution in [0.5, 0.6) is 5.75 Å². The van der Waals surface area contributed by atoms with Gasteiger partial charge in [0, 0.05) is 6.54 Å². The molecule has 0 aliphatic rings. The number of halogens is 1. The Kier molecular flexibility index (Phi) is 4.55. The Balaban J connectivity index is 1.82. The third-order valence-electron chi connectivity index (χ3n) is 2.78. The van der Waals surface area contributed by atoms with Crippen LogP contribution < -0.4 is 10.6 Å². The van der Waals surface area contributed by atoms with Gasteiger partial charge in [0.1, 0.15) is 0 Å². The summed E-state index contributed by atoms with van der Waals surface area (Å²) in [5.74, 6) is -1.34. The first kappa shape index (κ1) is 13.9. The molecule has 0 unspecified atom stereocenters. The Labute approximate surface area is 116 Å². The standard InChI is InChI=1S/C15H15FN2O2/c16-12-7-4-8-13(14(12)19)18-15(20)17-10-9-11-5-2-1-3-6-11/h1-8,19H,9-10H2,(H2,17,18,20). The Morgan fingerprint density at radius 3 is 2.60 bits per heavy atom. The molecule has 2 aromatic carbocycles. The molecule has 104 valence electrons. The third-order valence-corrected chi connectivity index (χ3v) is 2.78. The molecule has 0 atom stereocenters. The highest BCUT2D eigenvalue weighted by Gasteiger charge is 2.09. The fourth-order valence-corrected chi connectivity index (χ4v) is 1.75. The van der Waals surface area contributed by atoms with Crippen LogP contribution in [0, 0.1) is 5.82 Å². The number of urea groups is 1. The highest BCUT2D eigenvalue weighted by atomic mass is 19.1. The molecule has 0 aromatic heterocycles. The fraction of sp³-hybridized carbons (Fsp3) is 0.133. The van der Waals surface area contributed by atoms with Crippen LogP contribution >= 0.6 is 0 Å². The second kappa shape index (κ2) is 6.56. The van der Waals surface area contributed by atoms with Crippen LogP contribution in [0.2, 0.25) is 0 Å². The van der Waals surface area contributed by atoms with Gasteiger partial charge in [0.05, 0.1) is 5.69 Å². The molecular weight excluding hydrogens is 259 g/mol. The smallest absolute Gasteiger partial charge is 0.319 e. The molecule has 0 aliphatic heterocycles. The van der Waals surface area contributed by atoms with Crippen molar-refractivity contribution < 1.29 is 14.3 Å². The average molecular weight is 274 g/mol. The van der Waals surface area contributed by atoms with E-state index in [0.29, 0.717) is 13.0 Å². The van der Waals surface area contributed by atoms with Crippen molar-refractivity contribution in [2.45, 2.75) is 6.42 Å². The predicted molar refractivity (Wildman–Crippen MR) is 75.2 cm³/mol. The maximum absolute atomic E-state index is 13.1. The monoisotopic (exact) mass is 274 g/mol. The zero-order valence-corrected chi connectivity index (χ0v) is 10.8. The first-order valence-electron chi connectivity index (χ1n) is 6.23. The summed E-state index contributed by atoms with van der Waals surface area (Å²) in [6.07, 6.45) is 0.698. The molecule has 0 aliphatic carbocycles. The minimum atomic E-state index is -0.771. The lowest BCUT2D eigenvalue weighted by molar-refractivity contribution is 0.252. The lowest BCUT2D eigenvalue weighted by Crippen LogP contribution is -2.30. The van der Waals surface area contributed by atoms with Crippen molar-refractivity contribution in [2.75, 3.05) is 11.9 Å². The molecule has 0 saturated heterocycles. The summed E-state index contributed by atoms with van der Waals surface area (Å²) in [6, 6.07) is 13.2. The van der Waals surface area contributed by atoms with Crippen LogP contribution in [0.1, 0.15) is 5.56 Å². The molecule has 2 aromatic rings. The summed E-state index contributed by atoms with van der Waals surface area (Å²) < 4.78 is 13.1. The molecule has 0 fully saturated rings. The van der Waals surface area contributed by atoms with Crippen molar-refractivity contribution in [3.8, 4) is 5.75 Å². The molecule has 0 spiro atoms. The molecule has 5 heteroatoms. The number of carbonyl (C=O) groups is 1. The number of benzene rings is 2. The SMILES string of the molecule is O=C(NCCc1ccccc1)Nc1cccc(F)c1O. The number of nitrogens with one attached hydrogen (secondary N) is 2. The highest BCUT2D eigenvalue weighted by molar-refractivity contribution is 5.90. The molecule has 0 heterocycles. The topological polar surface area (TPSA) is 61.4 Å². The van der Waals surface area contributed by atoms with E-state index in [0.717, 1.165) is 11.6 Å². The van der Waals surface area contributed by atoms with Crippen molar-refractivity contribution >= 4 is 11.7 Å². The normalized spacial score (nSPS) is 10.1. The van der Waals surface area contributed by atoms with Gasteiger partial charge in [0.2, 0.25) is 0 Å². The summed E-state index contributed by atoms with van der Waals surface area (Å²) in [6.45, 7) is 0.450. The van der Waals surface area contributed by atoms with Crippen LogP contribution in [0.3, 0.4) is 0 Å². The van der Waals surface area contributed by atoms with Crippen molar-refractivity contribution in [1.82, 2.24) is 5.32 Å². The summed E-state index contributed by atoms with van der Waals surface area (Å²) in [7, 11) is 0. The molecule has 3 N–H and O–H groups in total. The zero-order valence-electron chi connectivity index (χ0n) is 10.8. The average Bonchev–Trinajstić information content (AvgIpc) is 2.45. The van der Waals surface area contributed by atoms with Crippen molar-refractivity contribution in [3.63, 3.8) is 0 Å². The van der Waals surface area contributed by atoms with Crippen LogP contribution in [0.15, 0.2) is 48.5 Å². The maximum Gasteiger partial charge on any atom is 0.319 e. The number of phenolic OH excluding ortho intramolecular Hbond substituents is 1. The fourth-order valence-electron chi connectivity index (χ4n) is 1.75. The number of carbonyl (C=O) groups excluding carboxylic acids is 1. The van der Waals surface area contributed by atoms with E-state index in [9.17, 15) is 14.3 Å². The first-order chi connectivity index (χ1) is 9.66. The molecule has 2 rings (SSSR count). The Hall–Kier alpha value is -2.56. The van der Waals surface area contributed by atoms with Crippen LogP contribution in [0.4, 0.5) is 14.9 Å². The van der Waals surface area contributed by atoms with Gasteiger partial charge in [-0.15, -0.1) is 0 Å². The predicted octanol–water partition coefficient (Wildman–Crippen LogP) is 2.90. The van der Waals surface area contributed by atoms with Crippen molar-refractivity contribution in [3.05, 3.63) is 59.9 Å². The van der Waals surface area contributed by atoms with Gasteiger partial charge in [-0.25, -0.2) is 9.18 Å². The summed E-state index contributed by atoms with van der Waals surface area (Å²) >= 11 is 0. The Bertz CT molecular complexity index is 588. The minimum Gasteiger partial charge on any atom is -0.503 e. The second-order valence-corrected chi connectivity index (χ2v) is 4.25. The lowest BCUT2D eigenvalue weighted by atomic mass is 10.1. The summed E-state index contributed by atoms with van der Waals surface area (Å²) in [5.41, 5.74) is 1.16. The molecule has 20 heavy (non-hydrogen) atoms. The van der Waals surface area contributed by atoms with Gasteiger partial charge in [-0.1, -0.05) is 36.4 Å². The van der Waals surface area contributed by atoms with E-state index in [2.05, 4.69) is 10.6 Å². The van der Waals surface area contributed by atoms with Gasteiger partial charge >= 0.3 is 6.03 Å². The quantitative estimate of drug-likeness (QED) is 0.751. The van der Waals surface area contributed by atoms with Gasteiger partial charge in [-0.05, 0) is 24.1 Å². The number of rotatable bonds is 4. The van der Waals surface area contributed by atoms with E-state index >= 15 is 0 Å². The van der Waals surface area contributed by atoms with E-state index in [1.54, 1.807) is 0 Å². The second-order valence-electron chi connectivity index (χ2n) is 4.25. The van der Waals surface area contributed by atoms with Gasteiger partial charge in [-0.2, -0.15) is 0 Å². The third kappa shape index (κ3) is 3.71.